The van der Waals surface area contributed by atoms with Crippen LogP contribution in [0.25, 0.3) is 0 Å². The summed E-state index contributed by atoms with van der Waals surface area (Å²) in [4.78, 5) is 12.9. The smallest absolute Gasteiger partial charge is 0.288 e. The first-order valence-electron chi connectivity index (χ1n) is 6.71. The van der Waals surface area contributed by atoms with Gasteiger partial charge < -0.3 is 0 Å². The van der Waals surface area contributed by atoms with E-state index in [4.69, 9.17) is 11.6 Å². The van der Waals surface area contributed by atoms with Crippen LogP contribution in [0.3, 0.4) is 0 Å². The lowest BCUT2D eigenvalue weighted by Gasteiger charge is -2.27. The van der Waals surface area contributed by atoms with E-state index in [1.165, 1.54) is 12.8 Å². The summed E-state index contributed by atoms with van der Waals surface area (Å²) in [5.74, 6) is 0. The summed E-state index contributed by atoms with van der Waals surface area (Å²) < 4.78 is 0. The summed E-state index contributed by atoms with van der Waals surface area (Å²) in [6.45, 7) is 5.18. The highest BCUT2D eigenvalue weighted by Gasteiger charge is 2.29. The van der Waals surface area contributed by atoms with E-state index in [0.29, 0.717) is 12.1 Å². The average Bonchev–Trinajstić information content (AvgIpc) is 2.72. The van der Waals surface area contributed by atoms with Gasteiger partial charge in [0.25, 0.3) is 5.69 Å². The molecular weight excluding hydrogens is 264 g/mol. The second-order valence-corrected chi connectivity index (χ2v) is 5.61. The Morgan fingerprint density at radius 3 is 2.84 bits per heavy atom. The quantitative estimate of drug-likeness (QED) is 0.619. The van der Waals surface area contributed by atoms with Crippen molar-refractivity contribution in [1.82, 2.24) is 4.90 Å². The molecule has 0 aliphatic carbocycles. The topological polar surface area (TPSA) is 46.4 Å². The Bertz CT molecular complexity index is 479. The van der Waals surface area contributed by atoms with E-state index in [-0.39, 0.29) is 10.7 Å². The van der Waals surface area contributed by atoms with E-state index in [1.54, 1.807) is 12.1 Å². The molecule has 2 rings (SSSR count). The average molecular weight is 283 g/mol. The normalized spacial score (nSPS) is 23.7. The van der Waals surface area contributed by atoms with Crippen LogP contribution in [0.4, 0.5) is 5.69 Å². The zero-order chi connectivity index (χ0) is 14.0. The number of hydrogen-bond acceptors (Lipinski definition) is 3. The largest absolute Gasteiger partial charge is 0.293 e. The molecule has 1 saturated heterocycles. The third-order valence-corrected chi connectivity index (χ3v) is 4.32. The fourth-order valence-electron chi connectivity index (χ4n) is 2.86. The van der Waals surface area contributed by atoms with Crippen LogP contribution in [0.2, 0.25) is 5.02 Å². The van der Waals surface area contributed by atoms with E-state index in [1.807, 2.05) is 6.07 Å². The van der Waals surface area contributed by atoms with Crippen molar-refractivity contribution in [3.8, 4) is 0 Å². The molecule has 1 aromatic rings. The second-order valence-electron chi connectivity index (χ2n) is 5.20. The minimum absolute atomic E-state index is 0.000866. The maximum Gasteiger partial charge on any atom is 0.288 e. The van der Waals surface area contributed by atoms with Crippen LogP contribution in [0.5, 0.6) is 0 Å². The first kappa shape index (κ1) is 14.3. The molecule has 0 spiro atoms. The van der Waals surface area contributed by atoms with Gasteiger partial charge in [-0.2, -0.15) is 0 Å². The molecule has 0 saturated carbocycles. The molecule has 2 atom stereocenters. The van der Waals surface area contributed by atoms with Gasteiger partial charge in [0.05, 0.1) is 4.92 Å². The highest BCUT2D eigenvalue weighted by molar-refractivity contribution is 6.32. The van der Waals surface area contributed by atoms with Crippen molar-refractivity contribution < 1.29 is 4.92 Å². The SMILES string of the molecule is CCC1CCC(C)N1Cc1ccc(Cl)c([N+](=O)[O-])c1. The van der Waals surface area contributed by atoms with Crippen molar-refractivity contribution in [3.63, 3.8) is 0 Å². The zero-order valence-corrected chi connectivity index (χ0v) is 12.1. The zero-order valence-electron chi connectivity index (χ0n) is 11.3. The monoisotopic (exact) mass is 282 g/mol. The van der Waals surface area contributed by atoms with Crippen molar-refractivity contribution in [2.45, 2.75) is 51.7 Å². The molecule has 1 aliphatic rings. The lowest BCUT2D eigenvalue weighted by molar-refractivity contribution is -0.384. The fraction of sp³-hybridized carbons (Fsp3) is 0.571. The van der Waals surface area contributed by atoms with Gasteiger partial charge in [-0.1, -0.05) is 24.6 Å². The van der Waals surface area contributed by atoms with Crippen molar-refractivity contribution in [2.75, 3.05) is 0 Å². The van der Waals surface area contributed by atoms with Crippen LogP contribution >= 0.6 is 11.6 Å². The van der Waals surface area contributed by atoms with Crippen LogP contribution in [0.15, 0.2) is 18.2 Å². The van der Waals surface area contributed by atoms with E-state index in [9.17, 15) is 10.1 Å². The van der Waals surface area contributed by atoms with Crippen LogP contribution < -0.4 is 0 Å². The van der Waals surface area contributed by atoms with Crippen LogP contribution in [-0.2, 0) is 6.54 Å². The van der Waals surface area contributed by atoms with Gasteiger partial charge in [0.15, 0.2) is 0 Å². The minimum atomic E-state index is -0.420. The minimum Gasteiger partial charge on any atom is -0.293 e. The number of benzene rings is 1. The van der Waals surface area contributed by atoms with Gasteiger partial charge in [0.2, 0.25) is 0 Å². The fourth-order valence-corrected chi connectivity index (χ4v) is 3.04. The first-order valence-corrected chi connectivity index (χ1v) is 7.09. The number of hydrogen-bond donors (Lipinski definition) is 0. The Morgan fingerprint density at radius 2 is 2.21 bits per heavy atom. The van der Waals surface area contributed by atoms with Crippen molar-refractivity contribution >= 4 is 17.3 Å². The molecular formula is C14H19ClN2O2. The van der Waals surface area contributed by atoms with Crippen LogP contribution in [0.1, 0.15) is 38.7 Å². The van der Waals surface area contributed by atoms with Gasteiger partial charge in [-0.25, -0.2) is 0 Å². The van der Waals surface area contributed by atoms with Crippen LogP contribution in [-0.4, -0.2) is 21.9 Å². The highest BCUT2D eigenvalue weighted by atomic mass is 35.5. The molecule has 19 heavy (non-hydrogen) atoms. The van der Waals surface area contributed by atoms with Gasteiger partial charge in [0.1, 0.15) is 5.02 Å². The van der Waals surface area contributed by atoms with E-state index >= 15 is 0 Å². The first-order chi connectivity index (χ1) is 9.02. The predicted octanol–water partition coefficient (Wildman–Crippen LogP) is 4.01. The molecule has 2 unspecified atom stereocenters. The number of nitro benzene ring substituents is 1. The molecule has 4 nitrogen and oxygen atoms in total. The third kappa shape index (κ3) is 3.07. The Balaban J connectivity index is 2.19. The third-order valence-electron chi connectivity index (χ3n) is 4.00. The second kappa shape index (κ2) is 5.88. The molecule has 1 aliphatic heterocycles. The molecule has 104 valence electrons. The lowest BCUT2D eigenvalue weighted by atomic mass is 10.1. The predicted molar refractivity (Wildman–Crippen MR) is 76.4 cm³/mol. The van der Waals surface area contributed by atoms with Crippen molar-refractivity contribution in [1.29, 1.82) is 0 Å². The van der Waals surface area contributed by atoms with Gasteiger partial charge >= 0.3 is 0 Å². The summed E-state index contributed by atoms with van der Waals surface area (Å²) in [6, 6.07) is 6.23. The number of halogens is 1. The number of rotatable bonds is 4. The molecule has 0 aromatic heterocycles. The van der Waals surface area contributed by atoms with Crippen molar-refractivity contribution in [3.05, 3.63) is 38.9 Å². The van der Waals surface area contributed by atoms with Gasteiger partial charge in [-0.05, 0) is 37.8 Å². The Labute approximate surface area is 118 Å². The van der Waals surface area contributed by atoms with E-state index < -0.39 is 4.92 Å². The van der Waals surface area contributed by atoms with Gasteiger partial charge in [-0.15, -0.1) is 0 Å². The standard InChI is InChI=1S/C14H19ClN2O2/c1-3-12-6-4-10(2)16(12)9-11-5-7-13(15)14(8-11)17(18)19/h5,7-8,10,12H,3-4,6,9H2,1-2H3. The Kier molecular flexibility index (Phi) is 4.42. The molecule has 0 radical (unpaired) electrons. The number of nitro groups is 1. The molecule has 1 heterocycles. The summed E-state index contributed by atoms with van der Waals surface area (Å²) in [5.41, 5.74) is 0.961. The summed E-state index contributed by atoms with van der Waals surface area (Å²) in [5, 5.41) is 11.1. The Hall–Kier alpha value is -1.13. The maximum absolute atomic E-state index is 10.9. The number of nitrogens with zero attached hydrogens (tertiary/aromatic N) is 2. The summed E-state index contributed by atoms with van der Waals surface area (Å²) >= 11 is 5.84. The van der Waals surface area contributed by atoms with Crippen LogP contribution in [0, 0.1) is 10.1 Å². The molecule has 0 N–H and O–H groups in total. The molecule has 1 fully saturated rings. The molecule has 0 bridgehead atoms. The van der Waals surface area contributed by atoms with E-state index in [2.05, 4.69) is 18.7 Å². The van der Waals surface area contributed by atoms with E-state index in [0.717, 1.165) is 18.5 Å². The van der Waals surface area contributed by atoms with Gasteiger partial charge in [-0.3, -0.25) is 15.0 Å². The maximum atomic E-state index is 10.9. The van der Waals surface area contributed by atoms with Gasteiger partial charge in [0, 0.05) is 24.7 Å². The summed E-state index contributed by atoms with van der Waals surface area (Å²) in [6.07, 6.45) is 3.54. The molecule has 1 aromatic carbocycles. The number of likely N-dealkylation sites (tertiary alicyclic amines) is 1. The lowest BCUT2D eigenvalue weighted by Crippen LogP contribution is -2.33. The Morgan fingerprint density at radius 1 is 1.47 bits per heavy atom. The summed E-state index contributed by atoms with van der Waals surface area (Å²) in [7, 11) is 0. The molecule has 5 heteroatoms. The highest BCUT2D eigenvalue weighted by Crippen LogP contribution is 2.30. The molecule has 0 amide bonds. The van der Waals surface area contributed by atoms with Crippen molar-refractivity contribution in [2.24, 2.45) is 0 Å².